The highest BCUT2D eigenvalue weighted by atomic mass is 16.1. The first-order chi connectivity index (χ1) is 20.2. The van der Waals surface area contributed by atoms with Gasteiger partial charge in [0.25, 0.3) is 5.91 Å². The maximum Gasteiger partial charge on any atom is 0.252 e. The molecule has 3 aliphatic rings. The minimum atomic E-state index is -0.0349. The Morgan fingerprint density at radius 1 is 0.854 bits per heavy atom. The molecule has 2 fully saturated rings. The third-order valence-electron chi connectivity index (χ3n) is 8.45. The van der Waals surface area contributed by atoms with Gasteiger partial charge in [0, 0.05) is 74.9 Å². The van der Waals surface area contributed by atoms with Crippen LogP contribution in [0.1, 0.15) is 47.2 Å². The molecule has 2 aromatic carbocycles. The molecule has 3 aromatic rings. The summed E-state index contributed by atoms with van der Waals surface area (Å²) in [6, 6.07) is 20.4. The summed E-state index contributed by atoms with van der Waals surface area (Å²) in [4.78, 5) is 26.5. The lowest BCUT2D eigenvalue weighted by Crippen LogP contribution is -2.49. The first-order valence-electron chi connectivity index (χ1n) is 15.0. The zero-order chi connectivity index (χ0) is 28.0. The fraction of sp³-hybridized carbons (Fsp3) is 0.353. The largest absolute Gasteiger partial charge is 0.402 e. The Kier molecular flexibility index (Phi) is 8.33. The number of piperazine rings is 1. The van der Waals surface area contributed by atoms with Gasteiger partial charge in [0.15, 0.2) is 0 Å². The summed E-state index contributed by atoms with van der Waals surface area (Å²) in [5.41, 5.74) is 10.9. The second-order valence-electron chi connectivity index (χ2n) is 11.1. The Balaban J connectivity index is 1.33. The van der Waals surface area contributed by atoms with Crippen molar-refractivity contribution in [3.05, 3.63) is 99.9 Å². The topological polar surface area (TPSA) is 77.7 Å². The first kappa shape index (κ1) is 27.1. The van der Waals surface area contributed by atoms with Crippen molar-refractivity contribution in [2.45, 2.75) is 38.8 Å². The van der Waals surface area contributed by atoms with E-state index in [9.17, 15) is 4.79 Å². The van der Waals surface area contributed by atoms with Crippen LogP contribution in [0.5, 0.6) is 0 Å². The van der Waals surface area contributed by atoms with Crippen molar-refractivity contribution in [2.75, 3.05) is 39.3 Å². The zero-order valence-corrected chi connectivity index (χ0v) is 23.8. The van der Waals surface area contributed by atoms with E-state index >= 15 is 0 Å². The first-order valence-corrected chi connectivity index (χ1v) is 15.0. The van der Waals surface area contributed by atoms with E-state index in [0.29, 0.717) is 13.1 Å². The van der Waals surface area contributed by atoms with Crippen LogP contribution in [0, 0.1) is 0 Å². The third kappa shape index (κ3) is 6.00. The van der Waals surface area contributed by atoms with E-state index in [-0.39, 0.29) is 5.91 Å². The number of rotatable bonds is 8. The summed E-state index contributed by atoms with van der Waals surface area (Å²) in [6.07, 6.45) is 10.5. The van der Waals surface area contributed by atoms with Crippen LogP contribution in [0.25, 0.3) is 23.4 Å². The Hall–Kier alpha value is -4.10. The third-order valence-corrected chi connectivity index (χ3v) is 8.45. The standard InChI is InChI=1S/C34H40N6O/c35-23-31(39-17-9-10-18-39)40-21-19-38(20-22-40)25-29-32(34(41)36-24-26-11-3-1-4-12-26)28-15-7-8-16-30(28)37-33(29)27-13-5-2-6-14-27/h1-6,11-16,23H,7-10,17-22,24-25,35H2,(H,36,41)/b31-23+. The number of fused-ring (bicyclic) bond motifs is 1. The number of likely N-dealkylation sites (tertiary alicyclic amines) is 1. The van der Waals surface area contributed by atoms with Crippen molar-refractivity contribution in [1.29, 1.82) is 0 Å². The Labute approximate surface area is 242 Å². The SMILES string of the molecule is N/C=C(\N1CCCC1)N1CCN(Cc2c(-c3ccccc3)nc3c(c2C(=O)NCc2ccccc2)=CCCC=3)CC1. The molecule has 41 heavy (non-hydrogen) atoms. The number of hydrogen-bond donors (Lipinski definition) is 2. The lowest BCUT2D eigenvalue weighted by molar-refractivity contribution is 0.0944. The molecule has 0 unspecified atom stereocenters. The molecular weight excluding hydrogens is 508 g/mol. The number of nitrogens with zero attached hydrogens (tertiary/aromatic N) is 4. The van der Waals surface area contributed by atoms with Crippen LogP contribution in [0.15, 0.2) is 72.7 Å². The number of carbonyl (C=O) groups excluding carboxylic acids is 1. The molecule has 0 radical (unpaired) electrons. The van der Waals surface area contributed by atoms with Crippen molar-refractivity contribution < 1.29 is 4.79 Å². The molecule has 2 aliphatic heterocycles. The Bertz CT molecular complexity index is 1500. The molecule has 7 heteroatoms. The van der Waals surface area contributed by atoms with Gasteiger partial charge in [0.1, 0.15) is 5.82 Å². The van der Waals surface area contributed by atoms with Gasteiger partial charge in [-0.3, -0.25) is 9.69 Å². The average molecular weight is 549 g/mol. The number of carbonyl (C=O) groups is 1. The van der Waals surface area contributed by atoms with Crippen molar-refractivity contribution in [2.24, 2.45) is 5.73 Å². The van der Waals surface area contributed by atoms with Crippen LogP contribution in [0.2, 0.25) is 0 Å². The fourth-order valence-electron chi connectivity index (χ4n) is 6.30. The molecule has 1 aromatic heterocycles. The minimum absolute atomic E-state index is 0.0349. The average Bonchev–Trinajstić information content (AvgIpc) is 3.56. The zero-order valence-electron chi connectivity index (χ0n) is 23.8. The van der Waals surface area contributed by atoms with E-state index in [0.717, 1.165) is 96.4 Å². The number of aromatic nitrogens is 1. The highest BCUT2D eigenvalue weighted by molar-refractivity contribution is 5.97. The Morgan fingerprint density at radius 2 is 1.51 bits per heavy atom. The van der Waals surface area contributed by atoms with Gasteiger partial charge in [0.05, 0.1) is 16.6 Å². The van der Waals surface area contributed by atoms with E-state index in [1.165, 1.54) is 12.8 Å². The van der Waals surface area contributed by atoms with Gasteiger partial charge in [-0.25, -0.2) is 4.98 Å². The molecular formula is C34H40N6O. The molecule has 1 aliphatic carbocycles. The van der Waals surface area contributed by atoms with Crippen LogP contribution in [0.4, 0.5) is 0 Å². The van der Waals surface area contributed by atoms with Crippen LogP contribution in [0.3, 0.4) is 0 Å². The van der Waals surface area contributed by atoms with Gasteiger partial charge < -0.3 is 20.9 Å². The Morgan fingerprint density at radius 3 is 2.22 bits per heavy atom. The molecule has 0 atom stereocenters. The molecule has 0 bridgehead atoms. The van der Waals surface area contributed by atoms with Crippen molar-refractivity contribution in [1.82, 2.24) is 25.0 Å². The highest BCUT2D eigenvalue weighted by Crippen LogP contribution is 2.25. The summed E-state index contributed by atoms with van der Waals surface area (Å²) in [5.74, 6) is 1.13. The monoisotopic (exact) mass is 548 g/mol. The normalized spacial score (nSPS) is 17.5. The minimum Gasteiger partial charge on any atom is -0.402 e. The lowest BCUT2D eigenvalue weighted by atomic mass is 9.95. The van der Waals surface area contributed by atoms with Crippen molar-refractivity contribution in [3.63, 3.8) is 0 Å². The van der Waals surface area contributed by atoms with Crippen LogP contribution < -0.4 is 21.6 Å². The number of hydrogen-bond acceptors (Lipinski definition) is 6. The molecule has 0 spiro atoms. The van der Waals surface area contributed by atoms with Gasteiger partial charge >= 0.3 is 0 Å². The van der Waals surface area contributed by atoms with Gasteiger partial charge in [-0.15, -0.1) is 0 Å². The summed E-state index contributed by atoms with van der Waals surface area (Å²) in [5, 5.41) is 5.11. The van der Waals surface area contributed by atoms with Crippen LogP contribution in [-0.4, -0.2) is 64.9 Å². The fourth-order valence-corrected chi connectivity index (χ4v) is 6.30. The van der Waals surface area contributed by atoms with Crippen molar-refractivity contribution in [3.8, 4) is 11.3 Å². The second kappa shape index (κ2) is 12.6. The summed E-state index contributed by atoms with van der Waals surface area (Å²) in [7, 11) is 0. The molecule has 0 saturated carbocycles. The lowest BCUT2D eigenvalue weighted by Gasteiger charge is -2.40. The molecule has 1 amide bonds. The van der Waals surface area contributed by atoms with Gasteiger partial charge in [-0.05, 0) is 31.2 Å². The van der Waals surface area contributed by atoms with Gasteiger partial charge in [-0.1, -0.05) is 72.8 Å². The number of nitrogens with one attached hydrogen (secondary N) is 1. The van der Waals surface area contributed by atoms with E-state index in [4.69, 9.17) is 10.7 Å². The number of pyridine rings is 1. The molecule has 3 N–H and O–H groups in total. The molecule has 212 valence electrons. The predicted molar refractivity (Wildman–Crippen MR) is 165 cm³/mol. The number of amides is 1. The van der Waals surface area contributed by atoms with E-state index in [1.54, 1.807) is 6.20 Å². The van der Waals surface area contributed by atoms with E-state index in [1.807, 2.05) is 48.5 Å². The summed E-state index contributed by atoms with van der Waals surface area (Å²) < 4.78 is 0. The molecule has 6 rings (SSSR count). The van der Waals surface area contributed by atoms with E-state index < -0.39 is 0 Å². The highest BCUT2D eigenvalue weighted by Gasteiger charge is 2.27. The van der Waals surface area contributed by atoms with Gasteiger partial charge in [-0.2, -0.15) is 0 Å². The molecule has 3 heterocycles. The smallest absolute Gasteiger partial charge is 0.252 e. The maximum atomic E-state index is 14.0. The molecule has 2 saturated heterocycles. The maximum absolute atomic E-state index is 14.0. The van der Waals surface area contributed by atoms with E-state index in [2.05, 4.69) is 44.3 Å². The van der Waals surface area contributed by atoms with Crippen LogP contribution >= 0.6 is 0 Å². The quantitative estimate of drug-likeness (QED) is 0.451. The summed E-state index contributed by atoms with van der Waals surface area (Å²) in [6.45, 7) is 6.95. The van der Waals surface area contributed by atoms with Crippen molar-refractivity contribution >= 4 is 18.1 Å². The molecule has 7 nitrogen and oxygen atoms in total. The second-order valence-corrected chi connectivity index (χ2v) is 11.1. The van der Waals surface area contributed by atoms with Gasteiger partial charge in [0.2, 0.25) is 0 Å². The number of nitrogens with two attached hydrogens (primary N) is 1. The van der Waals surface area contributed by atoms with Crippen LogP contribution in [-0.2, 0) is 13.1 Å². The predicted octanol–water partition coefficient (Wildman–Crippen LogP) is 3.00. The number of benzene rings is 2. The summed E-state index contributed by atoms with van der Waals surface area (Å²) >= 11 is 0.